The molecule has 1 unspecified atom stereocenters. The SMILES string of the molecule is COCCC(C)NC(=O)N[C@@H](C(=O)O)c1ccccc1Cl. The maximum atomic E-state index is 11.8. The molecule has 7 heteroatoms. The van der Waals surface area contributed by atoms with Gasteiger partial charge in [0.15, 0.2) is 6.04 Å². The number of ether oxygens (including phenoxy) is 1. The Morgan fingerprint density at radius 2 is 2.00 bits per heavy atom. The molecule has 0 aliphatic carbocycles. The predicted molar refractivity (Wildman–Crippen MR) is 79.5 cm³/mol. The molecule has 0 aromatic heterocycles. The second kappa shape index (κ2) is 8.49. The van der Waals surface area contributed by atoms with Crippen molar-refractivity contribution in [1.29, 1.82) is 0 Å². The molecule has 0 saturated heterocycles. The van der Waals surface area contributed by atoms with E-state index in [1.807, 2.05) is 6.92 Å². The van der Waals surface area contributed by atoms with Gasteiger partial charge < -0.3 is 20.5 Å². The second-order valence-electron chi connectivity index (χ2n) is 4.59. The molecule has 0 radical (unpaired) electrons. The molecule has 1 rings (SSSR count). The first kappa shape index (κ1) is 17.3. The fourth-order valence-corrected chi connectivity index (χ4v) is 1.99. The molecule has 2 atom stereocenters. The van der Waals surface area contributed by atoms with Crippen LogP contribution in [0.3, 0.4) is 0 Å². The average Bonchev–Trinajstić information content (AvgIpc) is 2.43. The second-order valence-corrected chi connectivity index (χ2v) is 5.00. The molecule has 21 heavy (non-hydrogen) atoms. The first-order valence-electron chi connectivity index (χ1n) is 6.49. The molecule has 0 heterocycles. The van der Waals surface area contributed by atoms with Gasteiger partial charge in [-0.2, -0.15) is 0 Å². The van der Waals surface area contributed by atoms with E-state index in [2.05, 4.69) is 10.6 Å². The number of carbonyl (C=O) groups is 2. The number of urea groups is 1. The molecule has 2 amide bonds. The summed E-state index contributed by atoms with van der Waals surface area (Å²) in [7, 11) is 1.57. The molecule has 3 N–H and O–H groups in total. The van der Waals surface area contributed by atoms with Gasteiger partial charge in [-0.05, 0) is 19.4 Å². The highest BCUT2D eigenvalue weighted by Crippen LogP contribution is 2.22. The zero-order chi connectivity index (χ0) is 15.8. The van der Waals surface area contributed by atoms with Crippen LogP contribution in [0, 0.1) is 0 Å². The van der Waals surface area contributed by atoms with Gasteiger partial charge in [0, 0.05) is 30.3 Å². The van der Waals surface area contributed by atoms with Crippen LogP contribution < -0.4 is 10.6 Å². The van der Waals surface area contributed by atoms with Crippen molar-refractivity contribution in [3.8, 4) is 0 Å². The van der Waals surface area contributed by atoms with Crippen LogP contribution >= 0.6 is 11.6 Å². The van der Waals surface area contributed by atoms with Crippen molar-refractivity contribution in [2.75, 3.05) is 13.7 Å². The van der Waals surface area contributed by atoms with Crippen molar-refractivity contribution >= 4 is 23.6 Å². The number of methoxy groups -OCH3 is 1. The zero-order valence-corrected chi connectivity index (χ0v) is 12.7. The molecule has 0 aliphatic heterocycles. The van der Waals surface area contributed by atoms with Gasteiger partial charge in [-0.3, -0.25) is 0 Å². The quantitative estimate of drug-likeness (QED) is 0.720. The lowest BCUT2D eigenvalue weighted by Crippen LogP contribution is -2.44. The van der Waals surface area contributed by atoms with E-state index >= 15 is 0 Å². The number of hydrogen-bond donors (Lipinski definition) is 3. The molecule has 0 fully saturated rings. The zero-order valence-electron chi connectivity index (χ0n) is 11.9. The number of rotatable bonds is 7. The maximum Gasteiger partial charge on any atom is 0.331 e. The van der Waals surface area contributed by atoms with Gasteiger partial charge in [0.2, 0.25) is 0 Å². The van der Waals surface area contributed by atoms with Gasteiger partial charge in [0.05, 0.1) is 0 Å². The number of nitrogens with one attached hydrogen (secondary N) is 2. The number of halogens is 1. The summed E-state index contributed by atoms with van der Waals surface area (Å²) in [6.07, 6.45) is 0.633. The Bertz CT molecular complexity index is 496. The monoisotopic (exact) mass is 314 g/mol. The Hall–Kier alpha value is -1.79. The predicted octanol–water partition coefficient (Wildman–Crippen LogP) is 2.19. The van der Waals surface area contributed by atoms with E-state index in [-0.39, 0.29) is 11.1 Å². The van der Waals surface area contributed by atoms with Crippen LogP contribution in [0.4, 0.5) is 4.79 Å². The highest BCUT2D eigenvalue weighted by Gasteiger charge is 2.24. The summed E-state index contributed by atoms with van der Waals surface area (Å²) in [6.45, 7) is 2.32. The summed E-state index contributed by atoms with van der Waals surface area (Å²) in [5.41, 5.74) is 0.339. The first-order valence-corrected chi connectivity index (χ1v) is 6.86. The van der Waals surface area contributed by atoms with Crippen LogP contribution in [0.5, 0.6) is 0 Å². The Kier molecular flexibility index (Phi) is 6.98. The minimum atomic E-state index is -1.20. The van der Waals surface area contributed by atoms with Gasteiger partial charge in [-0.25, -0.2) is 9.59 Å². The lowest BCUT2D eigenvalue weighted by molar-refractivity contribution is -0.139. The molecule has 1 aromatic rings. The van der Waals surface area contributed by atoms with Gasteiger partial charge in [-0.1, -0.05) is 29.8 Å². The number of amides is 2. The largest absolute Gasteiger partial charge is 0.479 e. The van der Waals surface area contributed by atoms with E-state index in [0.717, 1.165) is 0 Å². The molecular weight excluding hydrogens is 296 g/mol. The van der Waals surface area contributed by atoms with Gasteiger partial charge in [0.1, 0.15) is 0 Å². The third-order valence-electron chi connectivity index (χ3n) is 2.87. The number of carboxylic acid groups (broad SMARTS) is 1. The topological polar surface area (TPSA) is 87.7 Å². The summed E-state index contributed by atoms with van der Waals surface area (Å²) in [5, 5.41) is 14.6. The first-order chi connectivity index (χ1) is 9.95. The summed E-state index contributed by atoms with van der Waals surface area (Å²) >= 11 is 5.97. The number of carboxylic acids is 1. The minimum Gasteiger partial charge on any atom is -0.479 e. The van der Waals surface area contributed by atoms with Crippen LogP contribution in [0.25, 0.3) is 0 Å². The van der Waals surface area contributed by atoms with E-state index in [4.69, 9.17) is 16.3 Å². The Labute approximate surface area is 128 Å². The van der Waals surface area contributed by atoms with Crippen LogP contribution in [0.1, 0.15) is 24.9 Å². The van der Waals surface area contributed by atoms with E-state index in [1.165, 1.54) is 0 Å². The highest BCUT2D eigenvalue weighted by atomic mass is 35.5. The number of benzene rings is 1. The van der Waals surface area contributed by atoms with Gasteiger partial charge >= 0.3 is 12.0 Å². The Balaban J connectivity index is 2.70. The summed E-state index contributed by atoms with van der Waals surface area (Å²) in [4.78, 5) is 23.2. The number of hydrogen-bond acceptors (Lipinski definition) is 3. The maximum absolute atomic E-state index is 11.8. The molecule has 0 aliphatic rings. The van der Waals surface area contributed by atoms with E-state index in [1.54, 1.807) is 31.4 Å². The van der Waals surface area contributed by atoms with Crippen LogP contribution in [-0.2, 0) is 9.53 Å². The molecule has 6 nitrogen and oxygen atoms in total. The Morgan fingerprint density at radius 1 is 1.33 bits per heavy atom. The van der Waals surface area contributed by atoms with Crippen molar-refractivity contribution in [2.24, 2.45) is 0 Å². The van der Waals surface area contributed by atoms with Crippen molar-refractivity contribution in [3.05, 3.63) is 34.9 Å². The molecule has 0 bridgehead atoms. The lowest BCUT2D eigenvalue weighted by atomic mass is 10.1. The number of aliphatic carboxylic acids is 1. The normalized spacial score (nSPS) is 13.3. The lowest BCUT2D eigenvalue weighted by Gasteiger charge is -2.19. The van der Waals surface area contributed by atoms with Gasteiger partial charge in [-0.15, -0.1) is 0 Å². The molecule has 0 spiro atoms. The molecule has 0 saturated carbocycles. The summed E-state index contributed by atoms with van der Waals surface area (Å²) in [5.74, 6) is -1.18. The third kappa shape index (κ3) is 5.61. The van der Waals surface area contributed by atoms with Crippen molar-refractivity contribution < 1.29 is 19.4 Å². The minimum absolute atomic E-state index is 0.134. The van der Waals surface area contributed by atoms with E-state index < -0.39 is 18.0 Å². The number of carbonyl (C=O) groups excluding carboxylic acids is 1. The summed E-state index contributed by atoms with van der Waals surface area (Å²) < 4.78 is 4.92. The van der Waals surface area contributed by atoms with E-state index in [0.29, 0.717) is 18.6 Å². The van der Waals surface area contributed by atoms with Crippen molar-refractivity contribution in [2.45, 2.75) is 25.4 Å². The summed E-state index contributed by atoms with van der Waals surface area (Å²) in [6, 6.07) is 4.60. The van der Waals surface area contributed by atoms with Crippen molar-refractivity contribution in [3.63, 3.8) is 0 Å². The molecule has 116 valence electrons. The van der Waals surface area contributed by atoms with Gasteiger partial charge in [0.25, 0.3) is 0 Å². The smallest absolute Gasteiger partial charge is 0.331 e. The Morgan fingerprint density at radius 3 is 2.57 bits per heavy atom. The van der Waals surface area contributed by atoms with Crippen LogP contribution in [-0.4, -0.2) is 36.9 Å². The fraction of sp³-hybridized carbons (Fsp3) is 0.429. The average molecular weight is 315 g/mol. The van der Waals surface area contributed by atoms with Crippen LogP contribution in [0.15, 0.2) is 24.3 Å². The highest BCUT2D eigenvalue weighted by molar-refractivity contribution is 6.31. The van der Waals surface area contributed by atoms with E-state index in [9.17, 15) is 14.7 Å². The third-order valence-corrected chi connectivity index (χ3v) is 3.22. The standard InChI is InChI=1S/C14H19ClN2O4/c1-9(7-8-21-2)16-14(20)17-12(13(18)19)10-5-3-4-6-11(10)15/h3-6,9,12H,7-8H2,1-2H3,(H,18,19)(H2,16,17,20)/t9?,12-/m1/s1. The van der Waals surface area contributed by atoms with Crippen LogP contribution in [0.2, 0.25) is 5.02 Å². The molecular formula is C14H19ClN2O4. The fourth-order valence-electron chi connectivity index (χ4n) is 1.75. The van der Waals surface area contributed by atoms with Crippen molar-refractivity contribution in [1.82, 2.24) is 10.6 Å². The molecule has 1 aromatic carbocycles.